The molecule has 2 aromatic heterocycles. The summed E-state index contributed by atoms with van der Waals surface area (Å²) in [5.41, 5.74) is 1.67. The lowest BCUT2D eigenvalue weighted by molar-refractivity contribution is -0.129. The molecule has 1 aliphatic heterocycles. The highest BCUT2D eigenvalue weighted by atomic mass is 16.4. The van der Waals surface area contributed by atoms with Crippen molar-refractivity contribution in [1.82, 2.24) is 41.6 Å². The fourth-order valence-corrected chi connectivity index (χ4v) is 6.01. The van der Waals surface area contributed by atoms with Crippen molar-refractivity contribution in [3.05, 3.63) is 137 Å². The van der Waals surface area contributed by atoms with Crippen LogP contribution in [0.2, 0.25) is 0 Å². The number of carbonyl (C=O) groups is 4. The van der Waals surface area contributed by atoms with Crippen LogP contribution in [0.4, 0.5) is 10.6 Å². The zero-order valence-electron chi connectivity index (χ0n) is 25.5. The molecule has 0 spiro atoms. The number of amides is 4. The predicted octanol–water partition coefficient (Wildman–Crippen LogP) is 2.30. The molecule has 6 rings (SSSR count). The molecular weight excluding hydrogens is 614 g/mol. The fourth-order valence-electron chi connectivity index (χ4n) is 6.01. The van der Waals surface area contributed by atoms with Crippen LogP contribution >= 0.6 is 0 Å². The molecule has 5 N–H and O–H groups in total. The number of hydrogen-bond acceptors (Lipinski definition) is 8. The molecule has 0 aliphatic carbocycles. The van der Waals surface area contributed by atoms with Crippen molar-refractivity contribution >= 4 is 29.6 Å². The summed E-state index contributed by atoms with van der Waals surface area (Å²) in [6.07, 6.45) is -0.494. The van der Waals surface area contributed by atoms with Gasteiger partial charge >= 0.3 is 6.09 Å². The molecule has 5 aromatic rings. The minimum atomic E-state index is -1.57. The van der Waals surface area contributed by atoms with E-state index in [0.29, 0.717) is 5.56 Å². The number of tetrazole rings is 1. The number of carbonyl (C=O) groups excluding carboxylic acids is 3. The van der Waals surface area contributed by atoms with Gasteiger partial charge in [-0.3, -0.25) is 19.3 Å². The van der Waals surface area contributed by atoms with Crippen molar-refractivity contribution in [2.75, 3.05) is 4.90 Å². The van der Waals surface area contributed by atoms with Gasteiger partial charge in [-0.25, -0.2) is 9.78 Å². The van der Waals surface area contributed by atoms with E-state index in [1.807, 2.05) is 91.0 Å². The Bertz CT molecular complexity index is 1790. The number of H-pyrrole nitrogens is 1. The van der Waals surface area contributed by atoms with Gasteiger partial charge in [0, 0.05) is 12.6 Å². The predicted molar refractivity (Wildman–Crippen MR) is 172 cm³/mol. The summed E-state index contributed by atoms with van der Waals surface area (Å²) in [5.74, 6) is -1.53. The lowest BCUT2D eigenvalue weighted by Crippen LogP contribution is -2.57. The number of anilines is 1. The van der Waals surface area contributed by atoms with Crippen LogP contribution in [0.15, 0.2) is 109 Å². The number of carboxylic acid groups (broad SMARTS) is 1. The highest BCUT2D eigenvalue weighted by molar-refractivity contribution is 6.07. The van der Waals surface area contributed by atoms with E-state index >= 15 is 0 Å². The monoisotopic (exact) mass is 645 g/mol. The van der Waals surface area contributed by atoms with Gasteiger partial charge in [0.2, 0.25) is 11.8 Å². The van der Waals surface area contributed by atoms with Crippen molar-refractivity contribution in [3.63, 3.8) is 0 Å². The van der Waals surface area contributed by atoms with E-state index in [9.17, 15) is 24.3 Å². The second-order valence-corrected chi connectivity index (χ2v) is 11.1. The number of rotatable bonds is 11. The molecule has 0 fully saturated rings. The van der Waals surface area contributed by atoms with Gasteiger partial charge in [-0.05, 0) is 28.3 Å². The standard InChI is InChI=1S/C34H31N9O5/c44-29(38-34(23-12-4-1-5-13-23,24-14-6-2-7-15-24)25-16-8-3-9-17-25)20-26(37-33(47)48)32(46)43-27(19-22-11-10-18-35-30(22)43)31(45)36-21-28-39-41-42-40-28/h1-18,26-27,37H,19-21H2,(H,36,45)(H,38,44)(H,47,48)(H,39,40,41,42)/t26-,27-/m0/s1. The highest BCUT2D eigenvalue weighted by Gasteiger charge is 2.44. The van der Waals surface area contributed by atoms with Crippen LogP contribution in [0.1, 0.15) is 34.5 Å². The zero-order chi connectivity index (χ0) is 33.5. The van der Waals surface area contributed by atoms with E-state index in [4.69, 9.17) is 0 Å². The van der Waals surface area contributed by atoms with Crippen molar-refractivity contribution < 1.29 is 24.3 Å². The quantitative estimate of drug-likeness (QED) is 0.134. The van der Waals surface area contributed by atoms with E-state index in [1.54, 1.807) is 12.1 Å². The maximum atomic E-state index is 14.3. The molecule has 0 bridgehead atoms. The number of nitrogens with zero attached hydrogens (tertiary/aromatic N) is 5. The van der Waals surface area contributed by atoms with Crippen molar-refractivity contribution in [1.29, 1.82) is 0 Å². The molecule has 14 heteroatoms. The molecule has 0 radical (unpaired) electrons. The summed E-state index contributed by atoms with van der Waals surface area (Å²) >= 11 is 0. The molecule has 2 atom stereocenters. The maximum absolute atomic E-state index is 14.3. The number of pyridine rings is 1. The van der Waals surface area contributed by atoms with E-state index in [0.717, 1.165) is 21.6 Å². The van der Waals surface area contributed by atoms with Crippen molar-refractivity contribution in [3.8, 4) is 0 Å². The van der Waals surface area contributed by atoms with Gasteiger partial charge < -0.3 is 21.1 Å². The molecule has 4 amide bonds. The Hall–Kier alpha value is -6.44. The van der Waals surface area contributed by atoms with Gasteiger partial charge in [-0.2, -0.15) is 5.21 Å². The van der Waals surface area contributed by atoms with E-state index in [-0.39, 0.29) is 24.6 Å². The number of aromatic amines is 1. The summed E-state index contributed by atoms with van der Waals surface area (Å²) in [5, 5.41) is 31.3. The van der Waals surface area contributed by atoms with Gasteiger partial charge in [-0.1, -0.05) is 102 Å². The summed E-state index contributed by atoms with van der Waals surface area (Å²) in [7, 11) is 0. The van der Waals surface area contributed by atoms with Crippen molar-refractivity contribution in [2.24, 2.45) is 0 Å². The van der Waals surface area contributed by atoms with Crippen LogP contribution in [-0.2, 0) is 32.9 Å². The number of aromatic nitrogens is 5. The maximum Gasteiger partial charge on any atom is 0.405 e. The number of hydrogen-bond donors (Lipinski definition) is 5. The first-order valence-corrected chi connectivity index (χ1v) is 15.1. The molecule has 0 saturated carbocycles. The third-order valence-corrected chi connectivity index (χ3v) is 8.10. The third-order valence-electron chi connectivity index (χ3n) is 8.10. The minimum Gasteiger partial charge on any atom is -0.465 e. The molecule has 14 nitrogen and oxygen atoms in total. The largest absolute Gasteiger partial charge is 0.465 e. The third kappa shape index (κ3) is 6.44. The Morgan fingerprint density at radius 2 is 1.48 bits per heavy atom. The molecule has 3 aromatic carbocycles. The minimum absolute atomic E-state index is 0.0581. The molecule has 48 heavy (non-hydrogen) atoms. The van der Waals surface area contributed by atoms with Gasteiger partial charge in [0.15, 0.2) is 5.82 Å². The van der Waals surface area contributed by atoms with Gasteiger partial charge in [-0.15, -0.1) is 10.2 Å². The van der Waals surface area contributed by atoms with Crippen molar-refractivity contribution in [2.45, 2.75) is 37.0 Å². The molecule has 0 saturated heterocycles. The van der Waals surface area contributed by atoms with Crippen LogP contribution in [0.25, 0.3) is 0 Å². The van der Waals surface area contributed by atoms with E-state index < -0.39 is 47.9 Å². The summed E-state index contributed by atoms with van der Waals surface area (Å²) in [4.78, 5) is 59.3. The van der Waals surface area contributed by atoms with Gasteiger partial charge in [0.1, 0.15) is 23.4 Å². The Labute approximate surface area is 274 Å². The Morgan fingerprint density at radius 3 is 2.02 bits per heavy atom. The summed E-state index contributed by atoms with van der Waals surface area (Å²) in [6, 6.07) is 28.9. The Kier molecular flexibility index (Phi) is 9.14. The molecule has 0 unspecified atom stereocenters. The topological polar surface area (TPSA) is 195 Å². The lowest BCUT2D eigenvalue weighted by atomic mass is 9.77. The number of nitrogens with one attached hydrogen (secondary N) is 4. The lowest BCUT2D eigenvalue weighted by Gasteiger charge is -2.37. The SMILES string of the molecule is O=C(O)N[C@@H](CC(=O)NC(c1ccccc1)(c1ccccc1)c1ccccc1)C(=O)N1c2ncccc2C[C@H]1C(=O)NCc1nn[nH]n1. The Morgan fingerprint density at radius 1 is 0.875 bits per heavy atom. The smallest absolute Gasteiger partial charge is 0.405 e. The first-order chi connectivity index (χ1) is 23.4. The second kappa shape index (κ2) is 13.9. The van der Waals surface area contributed by atoms with Crippen LogP contribution in [0, 0.1) is 0 Å². The first kappa shape index (κ1) is 31.5. The second-order valence-electron chi connectivity index (χ2n) is 11.1. The summed E-state index contributed by atoms with van der Waals surface area (Å²) < 4.78 is 0. The van der Waals surface area contributed by atoms with Crippen LogP contribution in [0.3, 0.4) is 0 Å². The molecule has 1 aliphatic rings. The van der Waals surface area contributed by atoms with Gasteiger partial charge in [0.05, 0.1) is 13.0 Å². The van der Waals surface area contributed by atoms with E-state index in [2.05, 4.69) is 41.6 Å². The Balaban J connectivity index is 1.33. The average molecular weight is 646 g/mol. The van der Waals surface area contributed by atoms with Crippen LogP contribution in [0.5, 0.6) is 0 Å². The highest BCUT2D eigenvalue weighted by Crippen LogP contribution is 2.37. The van der Waals surface area contributed by atoms with Crippen LogP contribution < -0.4 is 20.9 Å². The van der Waals surface area contributed by atoms with Gasteiger partial charge in [0.25, 0.3) is 5.91 Å². The number of fused-ring (bicyclic) bond motifs is 1. The fraction of sp³-hybridized carbons (Fsp3) is 0.176. The average Bonchev–Trinajstić information content (AvgIpc) is 3.78. The van der Waals surface area contributed by atoms with E-state index in [1.165, 1.54) is 6.20 Å². The molecule has 242 valence electrons. The number of benzene rings is 3. The molecular formula is C34H31N9O5. The van der Waals surface area contributed by atoms with Crippen LogP contribution in [-0.4, -0.2) is 66.6 Å². The first-order valence-electron chi connectivity index (χ1n) is 15.1. The normalized spacial score (nSPS) is 14.4. The molecule has 3 heterocycles. The summed E-state index contributed by atoms with van der Waals surface area (Å²) in [6.45, 7) is -0.0581. The zero-order valence-corrected chi connectivity index (χ0v) is 25.5.